The third-order valence-electron chi connectivity index (χ3n) is 0. The standard InChI is InChI=1S/Ag.Au.Co.La.Mn.Ru.Sb.V.3H. The maximum absolute atomic E-state index is 0. The molecule has 8 heavy (non-hydrogen) atoms. The van der Waals surface area contributed by atoms with Crippen LogP contribution in [0.5, 0.6) is 0 Å². The molecule has 0 aliphatic carbocycles. The first kappa shape index (κ1) is 67.8. The SMILES string of the molecule is [Ag].[Au].[Co].[La].[Mn].[Ru].[SbH3].[V]. The van der Waals surface area contributed by atoms with E-state index in [1.807, 2.05) is 0 Å². The summed E-state index contributed by atoms with van der Waals surface area (Å²) in [6.45, 7) is 0. The summed E-state index contributed by atoms with van der Waals surface area (Å²) in [5.41, 5.74) is 0. The van der Waals surface area contributed by atoms with Crippen molar-refractivity contribution in [1.82, 2.24) is 0 Å². The Hall–Kier alpha value is 5.73. The molecule has 0 aromatic heterocycles. The molecule has 0 nitrogen and oxygen atoms in total. The molecule has 0 fully saturated rings. The molecular formula is H3AgAuCoLaMnRuSbV. The minimum Gasteiger partial charge on any atom is 0 e. The zero-order chi connectivity index (χ0) is 0. The van der Waals surface area contributed by atoms with Gasteiger partial charge in [-0.1, -0.05) is 0 Å². The van der Waals surface area contributed by atoms with Gasteiger partial charge in [-0.2, -0.15) is 0 Å². The normalized spacial score (nSPS) is 0. The molecule has 0 spiro atoms. The van der Waals surface area contributed by atoms with Gasteiger partial charge >= 0.3 is 24.4 Å². The zero-order valence-corrected chi connectivity index (χ0v) is 20.1. The topological polar surface area (TPSA) is 0 Å². The Morgan fingerprint density at radius 1 is 1.00 bits per heavy atom. The van der Waals surface area contributed by atoms with Crippen LogP contribution in [0.4, 0.5) is 0 Å². The molecule has 0 bridgehead atoms. The monoisotopic (exact) mass is 833 g/mol. The average Bonchev–Trinajstić information content (AvgIpc) is 0. The molecule has 0 N–H and O–H groups in total. The molecule has 0 rings (SSSR count). The molecule has 0 saturated heterocycles. The van der Waals surface area contributed by atoms with Gasteiger partial charge in [0.05, 0.1) is 0 Å². The second-order valence-electron chi connectivity index (χ2n) is 0. The molecule has 8 heteroatoms. The Morgan fingerprint density at radius 3 is 1.00 bits per heavy atom. The van der Waals surface area contributed by atoms with Crippen LogP contribution in [-0.2, 0) is 117 Å². The van der Waals surface area contributed by atoms with E-state index in [2.05, 4.69) is 0 Å². The molecule has 0 heterocycles. The quantitative estimate of drug-likeness (QED) is 0.270. The first-order valence-corrected chi connectivity index (χ1v) is 0. The van der Waals surface area contributed by atoms with E-state index in [0.29, 0.717) is 0 Å². The first-order valence-electron chi connectivity index (χ1n) is 0. The molecule has 0 aliphatic heterocycles. The van der Waals surface area contributed by atoms with Gasteiger partial charge in [-0.3, -0.25) is 0 Å². The smallest absolute Gasteiger partial charge is 0 e. The Morgan fingerprint density at radius 2 is 1.00 bits per heavy atom. The van der Waals surface area contributed by atoms with Crippen molar-refractivity contribution in [2.75, 3.05) is 0 Å². The molecule has 0 saturated carbocycles. The largest absolute Gasteiger partial charge is 0 e. The average molecular weight is 834 g/mol. The van der Waals surface area contributed by atoms with Crippen molar-refractivity contribution in [1.29, 1.82) is 0 Å². The molecule has 0 aliphatic rings. The Kier molecular flexibility index (Phi) is 452. The van der Waals surface area contributed by atoms with Gasteiger partial charge in [0.1, 0.15) is 0 Å². The Labute approximate surface area is 172 Å². The number of rotatable bonds is 0. The fourth-order valence-corrected chi connectivity index (χ4v) is 0. The Balaban J connectivity index is 0. The number of hydrogen-bond acceptors (Lipinski definition) is 0. The van der Waals surface area contributed by atoms with E-state index in [9.17, 15) is 0 Å². The van der Waals surface area contributed by atoms with Gasteiger partial charge in [0.2, 0.25) is 0 Å². The van der Waals surface area contributed by atoms with Crippen molar-refractivity contribution in [3.8, 4) is 0 Å². The van der Waals surface area contributed by atoms with Gasteiger partial charge in [0, 0.05) is 152 Å². The molecule has 0 aromatic carbocycles. The summed E-state index contributed by atoms with van der Waals surface area (Å²) in [5.74, 6) is 0. The minimum atomic E-state index is 0. The van der Waals surface area contributed by atoms with Gasteiger partial charge in [0.15, 0.2) is 0 Å². The molecular weight excluding hydrogens is 831 g/mol. The van der Waals surface area contributed by atoms with Crippen LogP contribution in [0.1, 0.15) is 0 Å². The summed E-state index contributed by atoms with van der Waals surface area (Å²) < 4.78 is 0. The minimum absolute atomic E-state index is 0. The first-order chi connectivity index (χ1) is 0. The second kappa shape index (κ2) is 53.4. The molecule has 0 atom stereocenters. The van der Waals surface area contributed by atoms with Gasteiger partial charge in [-0.15, -0.1) is 0 Å². The molecule has 62 valence electrons. The van der Waals surface area contributed by atoms with Crippen LogP contribution in [0.25, 0.3) is 0 Å². The van der Waals surface area contributed by atoms with Crippen LogP contribution in [0.2, 0.25) is 0 Å². The third-order valence-corrected chi connectivity index (χ3v) is 0. The third kappa shape index (κ3) is 41.1. The van der Waals surface area contributed by atoms with E-state index in [4.69, 9.17) is 0 Å². The molecule has 0 aromatic rings. The van der Waals surface area contributed by atoms with E-state index in [0.717, 1.165) is 0 Å². The fraction of sp³-hybridized carbons (Fsp3) is 0. The summed E-state index contributed by atoms with van der Waals surface area (Å²) in [4.78, 5) is 0. The van der Waals surface area contributed by atoms with E-state index >= 15 is 0 Å². The van der Waals surface area contributed by atoms with Crippen molar-refractivity contribution < 1.29 is 152 Å². The van der Waals surface area contributed by atoms with Crippen LogP contribution in [0, 0.1) is 35.6 Å². The number of hydrogen-bond donors (Lipinski definition) is 0. The van der Waals surface area contributed by atoms with Gasteiger partial charge in [-0.25, -0.2) is 0 Å². The van der Waals surface area contributed by atoms with Crippen LogP contribution < -0.4 is 0 Å². The van der Waals surface area contributed by atoms with E-state index < -0.39 is 0 Å². The summed E-state index contributed by atoms with van der Waals surface area (Å²) in [6.07, 6.45) is 0. The predicted octanol–water partition coefficient (Wildman–Crippen LogP) is -1.20. The van der Waals surface area contributed by atoms with Crippen LogP contribution in [0.15, 0.2) is 0 Å². The van der Waals surface area contributed by atoms with Gasteiger partial charge < -0.3 is 0 Å². The van der Waals surface area contributed by atoms with E-state index in [-0.39, 0.29) is 177 Å². The summed E-state index contributed by atoms with van der Waals surface area (Å²) >= 11 is 0. The summed E-state index contributed by atoms with van der Waals surface area (Å²) in [7, 11) is 0. The van der Waals surface area contributed by atoms with Crippen LogP contribution in [0.3, 0.4) is 0 Å². The molecule has 0 unspecified atom stereocenters. The maximum atomic E-state index is 0. The predicted molar refractivity (Wildman–Crippen MR) is 9.94 cm³/mol. The van der Waals surface area contributed by atoms with Crippen molar-refractivity contribution in [2.45, 2.75) is 0 Å². The van der Waals surface area contributed by atoms with Gasteiger partial charge in [-0.05, 0) is 0 Å². The van der Waals surface area contributed by atoms with Crippen molar-refractivity contribution in [3.05, 3.63) is 0 Å². The molecule has 6 radical (unpaired) electrons. The summed E-state index contributed by atoms with van der Waals surface area (Å²) in [5, 5.41) is 0. The second-order valence-corrected chi connectivity index (χ2v) is 0. The van der Waals surface area contributed by atoms with Gasteiger partial charge in [0.25, 0.3) is 0 Å². The maximum Gasteiger partial charge on any atom is 0 e. The van der Waals surface area contributed by atoms with E-state index in [1.54, 1.807) is 0 Å². The fourth-order valence-electron chi connectivity index (χ4n) is 0. The van der Waals surface area contributed by atoms with Crippen molar-refractivity contribution in [2.24, 2.45) is 0 Å². The van der Waals surface area contributed by atoms with Crippen molar-refractivity contribution >= 4 is 24.4 Å². The van der Waals surface area contributed by atoms with Crippen molar-refractivity contribution in [3.63, 3.8) is 0 Å². The Bertz CT molecular complexity index is 24.0. The zero-order valence-electron chi connectivity index (χ0n) is 3.40. The molecule has 0 amide bonds. The van der Waals surface area contributed by atoms with E-state index in [1.165, 1.54) is 0 Å². The van der Waals surface area contributed by atoms with Crippen LogP contribution in [-0.4, -0.2) is 24.4 Å². The summed E-state index contributed by atoms with van der Waals surface area (Å²) in [6, 6.07) is 0. The van der Waals surface area contributed by atoms with Crippen LogP contribution >= 0.6 is 0 Å².